The van der Waals surface area contributed by atoms with Gasteiger partial charge in [-0.15, -0.1) is 0 Å². The van der Waals surface area contributed by atoms with Gasteiger partial charge in [-0.05, 0) is 36.8 Å². The Balaban J connectivity index is 1.79. The van der Waals surface area contributed by atoms with Crippen LogP contribution in [-0.2, 0) is 6.42 Å². The Morgan fingerprint density at radius 1 is 1.44 bits per heavy atom. The third kappa shape index (κ3) is 3.16. The first kappa shape index (κ1) is 11.8. The molecule has 1 aromatic rings. The number of benzene rings is 1. The highest BCUT2D eigenvalue weighted by Crippen LogP contribution is 2.22. The van der Waals surface area contributed by atoms with Crippen molar-refractivity contribution in [3.8, 4) is 5.75 Å². The van der Waals surface area contributed by atoms with Crippen LogP contribution in [0.4, 0.5) is 0 Å². The lowest BCUT2D eigenvalue weighted by Crippen LogP contribution is -2.10. The van der Waals surface area contributed by atoms with Gasteiger partial charge in [0.05, 0.1) is 7.11 Å². The second-order valence-electron chi connectivity index (χ2n) is 4.05. The van der Waals surface area contributed by atoms with Crippen molar-refractivity contribution in [1.29, 1.82) is 0 Å². The first-order valence-corrected chi connectivity index (χ1v) is 6.89. The average molecular weight is 237 g/mol. The zero-order valence-electron chi connectivity index (χ0n) is 9.74. The van der Waals surface area contributed by atoms with E-state index in [1.54, 1.807) is 7.11 Å². The van der Waals surface area contributed by atoms with Crippen LogP contribution in [0.3, 0.4) is 0 Å². The molecule has 0 radical (unpaired) electrons. The fourth-order valence-corrected chi connectivity index (χ4v) is 3.21. The van der Waals surface area contributed by atoms with Crippen LogP contribution >= 0.6 is 11.8 Å². The molecule has 1 aromatic carbocycles. The van der Waals surface area contributed by atoms with Gasteiger partial charge in [-0.25, -0.2) is 0 Å². The van der Waals surface area contributed by atoms with Crippen LogP contribution in [0, 0.1) is 0 Å². The third-order valence-electron chi connectivity index (χ3n) is 2.93. The standard InChI is InChI=1S/C13H19NOS/c1-15-13-5-3-2-4-11(13)7-9-16-12-6-8-14-10-12/h2-5,12,14H,6-10H2,1H3. The van der Waals surface area contributed by atoms with Gasteiger partial charge in [0.2, 0.25) is 0 Å². The molecule has 1 unspecified atom stereocenters. The summed E-state index contributed by atoms with van der Waals surface area (Å²) in [5.74, 6) is 2.21. The van der Waals surface area contributed by atoms with Gasteiger partial charge in [0.25, 0.3) is 0 Å². The molecule has 0 aliphatic carbocycles. The van der Waals surface area contributed by atoms with Crippen LogP contribution in [0.2, 0.25) is 0 Å². The van der Waals surface area contributed by atoms with Gasteiger partial charge in [0.15, 0.2) is 0 Å². The molecule has 3 heteroatoms. The predicted molar refractivity (Wildman–Crippen MR) is 70.4 cm³/mol. The predicted octanol–water partition coefficient (Wildman–Crippen LogP) is 2.33. The van der Waals surface area contributed by atoms with E-state index in [0.29, 0.717) is 0 Å². The molecule has 1 N–H and O–H groups in total. The molecule has 1 heterocycles. The second kappa shape index (κ2) is 6.16. The van der Waals surface area contributed by atoms with E-state index in [-0.39, 0.29) is 0 Å². The van der Waals surface area contributed by atoms with E-state index < -0.39 is 0 Å². The molecule has 16 heavy (non-hydrogen) atoms. The maximum atomic E-state index is 5.35. The summed E-state index contributed by atoms with van der Waals surface area (Å²) in [5, 5.41) is 4.21. The SMILES string of the molecule is COc1ccccc1CCSC1CCNC1. The highest BCUT2D eigenvalue weighted by Gasteiger charge is 2.14. The van der Waals surface area contributed by atoms with Gasteiger partial charge in [-0.1, -0.05) is 18.2 Å². The molecule has 0 amide bonds. The first-order valence-electron chi connectivity index (χ1n) is 5.84. The summed E-state index contributed by atoms with van der Waals surface area (Å²) in [4.78, 5) is 0. The van der Waals surface area contributed by atoms with Crippen LogP contribution < -0.4 is 10.1 Å². The molecule has 1 aliphatic rings. The molecule has 1 fully saturated rings. The van der Waals surface area contributed by atoms with Crippen LogP contribution in [0.1, 0.15) is 12.0 Å². The van der Waals surface area contributed by atoms with Crippen molar-refractivity contribution in [3.63, 3.8) is 0 Å². The zero-order chi connectivity index (χ0) is 11.2. The van der Waals surface area contributed by atoms with Crippen LogP contribution in [0.5, 0.6) is 5.75 Å². The van der Waals surface area contributed by atoms with Gasteiger partial charge in [-0.2, -0.15) is 11.8 Å². The molecule has 0 aromatic heterocycles. The molecule has 1 saturated heterocycles. The summed E-state index contributed by atoms with van der Waals surface area (Å²) in [6.45, 7) is 2.36. The minimum atomic E-state index is 0.815. The summed E-state index contributed by atoms with van der Waals surface area (Å²) < 4.78 is 5.35. The maximum Gasteiger partial charge on any atom is 0.122 e. The third-order valence-corrected chi connectivity index (χ3v) is 4.25. The Bertz CT molecular complexity index is 323. The van der Waals surface area contributed by atoms with Crippen molar-refractivity contribution in [2.75, 3.05) is 26.0 Å². The fraction of sp³-hybridized carbons (Fsp3) is 0.538. The van der Waals surface area contributed by atoms with Crippen molar-refractivity contribution in [2.24, 2.45) is 0 Å². The molecule has 1 aliphatic heterocycles. The van der Waals surface area contributed by atoms with Crippen LogP contribution in [0.15, 0.2) is 24.3 Å². The monoisotopic (exact) mass is 237 g/mol. The maximum absolute atomic E-state index is 5.35. The number of ether oxygens (including phenoxy) is 1. The molecule has 2 nitrogen and oxygen atoms in total. The largest absolute Gasteiger partial charge is 0.496 e. The number of nitrogens with one attached hydrogen (secondary N) is 1. The summed E-state index contributed by atoms with van der Waals surface area (Å²) >= 11 is 2.08. The van der Waals surface area contributed by atoms with Gasteiger partial charge >= 0.3 is 0 Å². The number of hydrogen-bond acceptors (Lipinski definition) is 3. The highest BCUT2D eigenvalue weighted by molar-refractivity contribution is 7.99. The molecular formula is C13H19NOS. The van der Waals surface area contributed by atoms with E-state index in [1.165, 1.54) is 30.8 Å². The minimum absolute atomic E-state index is 0.815. The van der Waals surface area contributed by atoms with E-state index in [1.807, 2.05) is 12.1 Å². The van der Waals surface area contributed by atoms with E-state index in [4.69, 9.17) is 4.74 Å². The molecule has 0 saturated carbocycles. The fourth-order valence-electron chi connectivity index (χ4n) is 2.02. The van der Waals surface area contributed by atoms with Gasteiger partial charge in [0.1, 0.15) is 5.75 Å². The Kier molecular flexibility index (Phi) is 4.55. The number of thioether (sulfide) groups is 1. The number of rotatable bonds is 5. The van der Waals surface area contributed by atoms with Crippen molar-refractivity contribution < 1.29 is 4.74 Å². The lowest BCUT2D eigenvalue weighted by molar-refractivity contribution is 0.410. The average Bonchev–Trinajstić information content (AvgIpc) is 2.83. The van der Waals surface area contributed by atoms with Crippen LogP contribution in [-0.4, -0.2) is 31.2 Å². The number of hydrogen-bond donors (Lipinski definition) is 1. The van der Waals surface area contributed by atoms with E-state index in [0.717, 1.165) is 17.4 Å². The molecule has 0 spiro atoms. The zero-order valence-corrected chi connectivity index (χ0v) is 10.6. The summed E-state index contributed by atoms with van der Waals surface area (Å²) in [7, 11) is 1.74. The molecule has 0 bridgehead atoms. The Morgan fingerprint density at radius 3 is 3.06 bits per heavy atom. The topological polar surface area (TPSA) is 21.3 Å². The van der Waals surface area contributed by atoms with Crippen molar-refractivity contribution in [1.82, 2.24) is 5.32 Å². The highest BCUT2D eigenvalue weighted by atomic mass is 32.2. The number of para-hydroxylation sites is 1. The minimum Gasteiger partial charge on any atom is -0.496 e. The first-order chi connectivity index (χ1) is 7.90. The van der Waals surface area contributed by atoms with E-state index >= 15 is 0 Å². The molecule has 1 atom stereocenters. The summed E-state index contributed by atoms with van der Waals surface area (Å²) in [6.07, 6.45) is 2.42. The smallest absolute Gasteiger partial charge is 0.122 e. The van der Waals surface area contributed by atoms with Gasteiger partial charge in [0, 0.05) is 11.8 Å². The molecular weight excluding hydrogens is 218 g/mol. The summed E-state index contributed by atoms with van der Waals surface area (Å²) in [6, 6.07) is 8.30. The van der Waals surface area contributed by atoms with Gasteiger partial charge < -0.3 is 10.1 Å². The Hall–Kier alpha value is -0.670. The summed E-state index contributed by atoms with van der Waals surface area (Å²) in [5.41, 5.74) is 1.32. The van der Waals surface area contributed by atoms with E-state index in [9.17, 15) is 0 Å². The quantitative estimate of drug-likeness (QED) is 0.849. The van der Waals surface area contributed by atoms with Crippen molar-refractivity contribution in [2.45, 2.75) is 18.1 Å². The van der Waals surface area contributed by atoms with Crippen LogP contribution in [0.25, 0.3) is 0 Å². The lowest BCUT2D eigenvalue weighted by atomic mass is 10.1. The van der Waals surface area contributed by atoms with Crippen molar-refractivity contribution >= 4 is 11.8 Å². The lowest BCUT2D eigenvalue weighted by Gasteiger charge is -2.10. The second-order valence-corrected chi connectivity index (χ2v) is 5.46. The Morgan fingerprint density at radius 2 is 2.31 bits per heavy atom. The van der Waals surface area contributed by atoms with E-state index in [2.05, 4.69) is 29.2 Å². The molecule has 2 rings (SSSR count). The number of aryl methyl sites for hydroxylation is 1. The van der Waals surface area contributed by atoms with Crippen molar-refractivity contribution in [3.05, 3.63) is 29.8 Å². The number of methoxy groups -OCH3 is 1. The normalized spacial score (nSPS) is 19.9. The van der Waals surface area contributed by atoms with Gasteiger partial charge in [-0.3, -0.25) is 0 Å². The molecule has 88 valence electrons. The Labute approximate surface area is 102 Å².